The number of nitrogens with zero attached hydrogens (tertiary/aromatic N) is 1. The summed E-state index contributed by atoms with van der Waals surface area (Å²) in [4.78, 5) is 24.9. The summed E-state index contributed by atoms with van der Waals surface area (Å²) in [6.07, 6.45) is 3.35. The van der Waals surface area contributed by atoms with Crippen LogP contribution in [0.3, 0.4) is 0 Å². The predicted octanol–water partition coefficient (Wildman–Crippen LogP) is -0.0140. The Kier molecular flexibility index (Phi) is 4.99. The summed E-state index contributed by atoms with van der Waals surface area (Å²) in [6, 6.07) is -0.0109. The van der Waals surface area contributed by atoms with Crippen molar-refractivity contribution in [2.75, 3.05) is 20.6 Å². The molecule has 0 aromatic heterocycles. The number of hydrogen-bond acceptors (Lipinski definition) is 3. The number of carbonyl (C=O) groups excluding carboxylic acids is 2. The molecule has 2 rings (SSSR count). The first-order valence-corrected chi connectivity index (χ1v) is 6.24. The molecule has 104 valence electrons. The number of nitrogens with two attached hydrogens (primary N) is 1. The number of likely N-dealkylation sites (N-methyl/N-ethyl adjacent to an activating group) is 1. The van der Waals surface area contributed by atoms with Crippen LogP contribution in [0.15, 0.2) is 0 Å². The zero-order valence-corrected chi connectivity index (χ0v) is 11.7. The van der Waals surface area contributed by atoms with Gasteiger partial charge >= 0.3 is 0 Å². The van der Waals surface area contributed by atoms with Crippen molar-refractivity contribution in [1.29, 1.82) is 0 Å². The smallest absolute Gasteiger partial charge is 0.241 e. The highest BCUT2D eigenvalue weighted by atomic mass is 35.5. The van der Waals surface area contributed by atoms with Crippen LogP contribution in [0, 0.1) is 17.8 Å². The van der Waals surface area contributed by atoms with Crippen LogP contribution in [0.4, 0.5) is 0 Å². The molecule has 2 fully saturated rings. The zero-order chi connectivity index (χ0) is 12.6. The van der Waals surface area contributed by atoms with E-state index < -0.39 is 0 Å². The van der Waals surface area contributed by atoms with Crippen LogP contribution in [-0.2, 0) is 9.59 Å². The average Bonchev–Trinajstić information content (AvgIpc) is 2.85. The fraction of sp³-hybridized carbons (Fsp3) is 0.833. The van der Waals surface area contributed by atoms with Crippen LogP contribution in [0.1, 0.15) is 19.3 Å². The Bertz CT molecular complexity index is 333. The maximum absolute atomic E-state index is 12.0. The Balaban J connectivity index is 0.00000162. The Morgan fingerprint density at radius 3 is 2.39 bits per heavy atom. The van der Waals surface area contributed by atoms with Gasteiger partial charge in [0.15, 0.2) is 0 Å². The van der Waals surface area contributed by atoms with E-state index in [1.807, 2.05) is 0 Å². The summed E-state index contributed by atoms with van der Waals surface area (Å²) in [5.41, 5.74) is 6.08. The molecular formula is C12H22ClN3O2. The molecule has 0 aromatic carbocycles. The second-order valence-electron chi connectivity index (χ2n) is 5.44. The van der Waals surface area contributed by atoms with Gasteiger partial charge in [-0.2, -0.15) is 0 Å². The maximum atomic E-state index is 12.0. The summed E-state index contributed by atoms with van der Waals surface area (Å²) >= 11 is 0. The fourth-order valence-corrected chi connectivity index (χ4v) is 3.16. The summed E-state index contributed by atoms with van der Waals surface area (Å²) < 4.78 is 0. The van der Waals surface area contributed by atoms with E-state index in [0.717, 1.165) is 19.3 Å². The van der Waals surface area contributed by atoms with Crippen LogP contribution < -0.4 is 11.1 Å². The van der Waals surface area contributed by atoms with Gasteiger partial charge in [-0.3, -0.25) is 9.59 Å². The number of nitrogens with one attached hydrogen (secondary N) is 1. The molecule has 0 heterocycles. The van der Waals surface area contributed by atoms with E-state index in [0.29, 0.717) is 11.8 Å². The van der Waals surface area contributed by atoms with Gasteiger partial charge in [0.2, 0.25) is 11.8 Å². The Morgan fingerprint density at radius 2 is 1.89 bits per heavy atom. The van der Waals surface area contributed by atoms with Crippen molar-refractivity contribution in [3.05, 3.63) is 0 Å². The zero-order valence-electron chi connectivity index (χ0n) is 10.9. The van der Waals surface area contributed by atoms with Crippen LogP contribution >= 0.6 is 12.4 Å². The Hall–Kier alpha value is -0.810. The van der Waals surface area contributed by atoms with Gasteiger partial charge in [-0.1, -0.05) is 0 Å². The van der Waals surface area contributed by atoms with Crippen LogP contribution in [0.2, 0.25) is 0 Å². The van der Waals surface area contributed by atoms with E-state index in [-0.39, 0.29) is 42.7 Å². The summed E-state index contributed by atoms with van der Waals surface area (Å²) in [5.74, 6) is 0.739. The first kappa shape index (κ1) is 15.2. The number of rotatable bonds is 3. The second-order valence-corrected chi connectivity index (χ2v) is 5.44. The molecule has 2 bridgehead atoms. The topological polar surface area (TPSA) is 75.4 Å². The molecule has 0 spiro atoms. The van der Waals surface area contributed by atoms with E-state index >= 15 is 0 Å². The number of hydrogen-bond donors (Lipinski definition) is 2. The van der Waals surface area contributed by atoms with Crippen molar-refractivity contribution < 1.29 is 9.59 Å². The lowest BCUT2D eigenvalue weighted by Gasteiger charge is -2.27. The molecule has 2 aliphatic rings. The number of halogens is 1. The summed E-state index contributed by atoms with van der Waals surface area (Å²) in [7, 11) is 3.36. The lowest BCUT2D eigenvalue weighted by atomic mass is 9.84. The SMILES string of the molecule is CN(C)C(=O)CNC(=O)C1C2CCC(C2)C1N.Cl. The lowest BCUT2D eigenvalue weighted by molar-refractivity contribution is -0.133. The van der Waals surface area contributed by atoms with Gasteiger partial charge in [0.25, 0.3) is 0 Å². The normalized spacial score (nSPS) is 32.8. The van der Waals surface area contributed by atoms with E-state index in [1.165, 1.54) is 4.90 Å². The van der Waals surface area contributed by atoms with Gasteiger partial charge in [0.05, 0.1) is 12.5 Å². The maximum Gasteiger partial charge on any atom is 0.241 e. The average molecular weight is 276 g/mol. The number of fused-ring (bicyclic) bond motifs is 2. The Morgan fingerprint density at radius 1 is 1.28 bits per heavy atom. The minimum absolute atomic E-state index is 0. The second kappa shape index (κ2) is 5.89. The van der Waals surface area contributed by atoms with Gasteiger partial charge in [-0.15, -0.1) is 12.4 Å². The van der Waals surface area contributed by atoms with Gasteiger partial charge in [0.1, 0.15) is 0 Å². The molecule has 0 saturated heterocycles. The standard InChI is InChI=1S/C12H21N3O2.ClH/c1-15(2)9(16)6-14-12(17)10-7-3-4-8(5-7)11(10)13;/h7-8,10-11H,3-6,13H2,1-2H3,(H,14,17);1H. The largest absolute Gasteiger partial charge is 0.347 e. The van der Waals surface area contributed by atoms with Gasteiger partial charge in [-0.05, 0) is 31.1 Å². The lowest BCUT2D eigenvalue weighted by Crippen LogP contribution is -2.47. The van der Waals surface area contributed by atoms with E-state index in [9.17, 15) is 9.59 Å². The number of carbonyl (C=O) groups is 2. The molecule has 18 heavy (non-hydrogen) atoms. The molecule has 4 atom stereocenters. The van der Waals surface area contributed by atoms with Gasteiger partial charge in [0, 0.05) is 20.1 Å². The molecule has 6 heteroatoms. The monoisotopic (exact) mass is 275 g/mol. The fourth-order valence-electron chi connectivity index (χ4n) is 3.16. The van der Waals surface area contributed by atoms with Crippen molar-refractivity contribution in [3.63, 3.8) is 0 Å². The molecule has 2 aliphatic carbocycles. The molecule has 2 amide bonds. The predicted molar refractivity (Wildman–Crippen MR) is 71.2 cm³/mol. The van der Waals surface area contributed by atoms with Gasteiger partial charge in [-0.25, -0.2) is 0 Å². The van der Waals surface area contributed by atoms with E-state index in [4.69, 9.17) is 5.73 Å². The van der Waals surface area contributed by atoms with E-state index in [2.05, 4.69) is 5.32 Å². The molecule has 0 radical (unpaired) electrons. The first-order chi connectivity index (χ1) is 8.00. The summed E-state index contributed by atoms with van der Waals surface area (Å²) in [6.45, 7) is 0.0758. The van der Waals surface area contributed by atoms with Crippen molar-refractivity contribution >= 4 is 24.2 Å². The van der Waals surface area contributed by atoms with Crippen LogP contribution in [-0.4, -0.2) is 43.4 Å². The molecule has 3 N–H and O–H groups in total. The first-order valence-electron chi connectivity index (χ1n) is 6.24. The Labute approximate surface area is 114 Å². The highest BCUT2D eigenvalue weighted by Crippen LogP contribution is 2.47. The number of amides is 2. The van der Waals surface area contributed by atoms with E-state index in [1.54, 1.807) is 14.1 Å². The molecular weight excluding hydrogens is 254 g/mol. The van der Waals surface area contributed by atoms with Crippen LogP contribution in [0.5, 0.6) is 0 Å². The minimum atomic E-state index is -0.0879. The molecule has 4 unspecified atom stereocenters. The highest BCUT2D eigenvalue weighted by Gasteiger charge is 2.48. The molecule has 2 saturated carbocycles. The third kappa shape index (κ3) is 2.78. The van der Waals surface area contributed by atoms with Crippen molar-refractivity contribution in [2.45, 2.75) is 25.3 Å². The third-order valence-electron chi connectivity index (χ3n) is 4.20. The summed E-state index contributed by atoms with van der Waals surface area (Å²) in [5, 5.41) is 2.71. The molecule has 5 nitrogen and oxygen atoms in total. The molecule has 0 aliphatic heterocycles. The minimum Gasteiger partial charge on any atom is -0.347 e. The highest BCUT2D eigenvalue weighted by molar-refractivity contribution is 5.86. The van der Waals surface area contributed by atoms with Gasteiger partial charge < -0.3 is 16.0 Å². The van der Waals surface area contributed by atoms with Crippen molar-refractivity contribution in [3.8, 4) is 0 Å². The quantitative estimate of drug-likeness (QED) is 0.760. The van der Waals surface area contributed by atoms with Crippen molar-refractivity contribution in [1.82, 2.24) is 10.2 Å². The van der Waals surface area contributed by atoms with Crippen molar-refractivity contribution in [2.24, 2.45) is 23.5 Å². The molecule has 0 aromatic rings. The third-order valence-corrected chi connectivity index (χ3v) is 4.20. The van der Waals surface area contributed by atoms with Crippen LogP contribution in [0.25, 0.3) is 0 Å².